The van der Waals surface area contributed by atoms with E-state index in [2.05, 4.69) is 15.2 Å². The van der Waals surface area contributed by atoms with Crippen LogP contribution in [0.5, 0.6) is 0 Å². The van der Waals surface area contributed by atoms with Gasteiger partial charge < -0.3 is 4.98 Å². The van der Waals surface area contributed by atoms with Gasteiger partial charge in [-0.1, -0.05) is 35.3 Å². The minimum atomic E-state index is -0.308. The van der Waals surface area contributed by atoms with Crippen molar-refractivity contribution in [1.82, 2.24) is 15.2 Å². The summed E-state index contributed by atoms with van der Waals surface area (Å²) in [7, 11) is 0. The van der Waals surface area contributed by atoms with Gasteiger partial charge in [0.2, 0.25) is 0 Å². The molecule has 1 heterocycles. The molecule has 1 aromatic heterocycles. The Morgan fingerprint density at radius 2 is 1.29 bits per heavy atom. The Morgan fingerprint density at radius 3 is 1.81 bits per heavy atom. The molecule has 0 aliphatic rings. The second-order valence-electron chi connectivity index (χ2n) is 4.37. The highest BCUT2D eigenvalue weighted by Gasteiger charge is 2.08. The quantitative estimate of drug-likeness (QED) is 0.782. The average molecular weight is 318 g/mol. The normalized spacial score (nSPS) is 10.6. The lowest BCUT2D eigenvalue weighted by Crippen LogP contribution is -2.14. The van der Waals surface area contributed by atoms with Gasteiger partial charge >= 0.3 is 0 Å². The van der Waals surface area contributed by atoms with Crippen molar-refractivity contribution in [3.8, 4) is 22.6 Å². The molecule has 0 radical (unpaired) electrons. The van der Waals surface area contributed by atoms with Gasteiger partial charge in [0.1, 0.15) is 0 Å². The minimum absolute atomic E-state index is 0.254. The van der Waals surface area contributed by atoms with Crippen LogP contribution in [0.4, 0.5) is 0 Å². The van der Waals surface area contributed by atoms with Crippen molar-refractivity contribution >= 4 is 23.2 Å². The number of H-pyrrole nitrogens is 1. The summed E-state index contributed by atoms with van der Waals surface area (Å²) in [6.45, 7) is 0. The first-order valence-electron chi connectivity index (χ1n) is 6.12. The molecule has 0 amide bonds. The maximum Gasteiger partial charge on any atom is 0.278 e. The van der Waals surface area contributed by atoms with Crippen molar-refractivity contribution < 1.29 is 0 Å². The van der Waals surface area contributed by atoms with Gasteiger partial charge in [0.15, 0.2) is 11.5 Å². The third-order valence-electron chi connectivity index (χ3n) is 2.93. The van der Waals surface area contributed by atoms with Crippen LogP contribution in [0.1, 0.15) is 0 Å². The van der Waals surface area contributed by atoms with Crippen LogP contribution in [0.3, 0.4) is 0 Å². The maximum absolute atomic E-state index is 12.1. The van der Waals surface area contributed by atoms with Crippen LogP contribution >= 0.6 is 23.2 Å². The second kappa shape index (κ2) is 5.68. The average Bonchev–Trinajstić information content (AvgIpc) is 2.49. The van der Waals surface area contributed by atoms with E-state index in [0.717, 1.165) is 5.56 Å². The molecule has 21 heavy (non-hydrogen) atoms. The van der Waals surface area contributed by atoms with Gasteiger partial charge in [-0.25, -0.2) is 0 Å². The Labute approximate surface area is 130 Å². The largest absolute Gasteiger partial charge is 0.303 e. The van der Waals surface area contributed by atoms with Gasteiger partial charge in [0, 0.05) is 21.2 Å². The number of nitrogens with zero attached hydrogens (tertiary/aromatic N) is 2. The highest BCUT2D eigenvalue weighted by molar-refractivity contribution is 6.30. The molecule has 0 saturated carbocycles. The lowest BCUT2D eigenvalue weighted by molar-refractivity contribution is 0.963. The monoisotopic (exact) mass is 317 g/mol. The highest BCUT2D eigenvalue weighted by Crippen LogP contribution is 2.19. The van der Waals surface area contributed by atoms with Crippen molar-refractivity contribution in [3.63, 3.8) is 0 Å². The molecule has 0 aliphatic carbocycles. The molecule has 1 N–H and O–H groups in total. The maximum atomic E-state index is 12.1. The number of hydrogen-bond donors (Lipinski definition) is 1. The van der Waals surface area contributed by atoms with E-state index in [1.807, 2.05) is 0 Å². The van der Waals surface area contributed by atoms with Crippen LogP contribution in [0.2, 0.25) is 10.0 Å². The molecule has 0 unspecified atom stereocenters. The lowest BCUT2D eigenvalue weighted by atomic mass is 10.1. The zero-order valence-corrected chi connectivity index (χ0v) is 12.2. The van der Waals surface area contributed by atoms with E-state index in [0.29, 0.717) is 21.4 Å². The minimum Gasteiger partial charge on any atom is -0.303 e. The summed E-state index contributed by atoms with van der Waals surface area (Å²) in [6, 6.07) is 13.8. The molecular weight excluding hydrogens is 309 g/mol. The smallest absolute Gasteiger partial charge is 0.278 e. The number of halogens is 2. The van der Waals surface area contributed by atoms with Gasteiger partial charge in [0.05, 0.1) is 0 Å². The molecule has 3 aromatic rings. The summed E-state index contributed by atoms with van der Waals surface area (Å²) >= 11 is 11.7. The number of aromatic amines is 1. The van der Waals surface area contributed by atoms with Gasteiger partial charge in [0.25, 0.3) is 5.56 Å². The number of rotatable bonds is 2. The number of nitrogens with one attached hydrogen (secondary N) is 1. The predicted molar refractivity (Wildman–Crippen MR) is 83.5 cm³/mol. The van der Waals surface area contributed by atoms with E-state index in [1.165, 1.54) is 0 Å². The lowest BCUT2D eigenvalue weighted by Gasteiger charge is -2.03. The van der Waals surface area contributed by atoms with Crippen LogP contribution in [0.25, 0.3) is 22.6 Å². The molecule has 0 saturated heterocycles. The summed E-state index contributed by atoms with van der Waals surface area (Å²) in [5.41, 5.74) is 1.35. The zero-order chi connectivity index (χ0) is 14.8. The standard InChI is InChI=1S/C15H9Cl2N3O/c16-11-5-1-9(2-6-11)13-15(21)18-14(20-19-13)10-3-7-12(17)8-4-10/h1-8H,(H,18,20,21). The first-order valence-corrected chi connectivity index (χ1v) is 6.88. The van der Waals surface area contributed by atoms with Crippen LogP contribution in [-0.4, -0.2) is 15.2 Å². The Morgan fingerprint density at radius 1 is 0.762 bits per heavy atom. The first-order chi connectivity index (χ1) is 10.1. The molecule has 0 spiro atoms. The van der Waals surface area contributed by atoms with Crippen LogP contribution in [0.15, 0.2) is 53.3 Å². The molecule has 3 rings (SSSR count). The van der Waals surface area contributed by atoms with E-state index in [9.17, 15) is 4.79 Å². The van der Waals surface area contributed by atoms with Gasteiger partial charge in [-0.15, -0.1) is 10.2 Å². The Balaban J connectivity index is 2.02. The van der Waals surface area contributed by atoms with Crippen molar-refractivity contribution in [2.24, 2.45) is 0 Å². The Kier molecular flexibility index (Phi) is 3.73. The van der Waals surface area contributed by atoms with Gasteiger partial charge in [-0.3, -0.25) is 4.79 Å². The fourth-order valence-electron chi connectivity index (χ4n) is 1.87. The summed E-state index contributed by atoms with van der Waals surface area (Å²) < 4.78 is 0. The molecular formula is C15H9Cl2N3O. The SMILES string of the molecule is O=c1[nH]c(-c2ccc(Cl)cc2)nnc1-c1ccc(Cl)cc1. The zero-order valence-electron chi connectivity index (χ0n) is 10.7. The second-order valence-corrected chi connectivity index (χ2v) is 5.24. The van der Waals surface area contributed by atoms with Gasteiger partial charge in [-0.2, -0.15) is 0 Å². The van der Waals surface area contributed by atoms with E-state index < -0.39 is 0 Å². The molecule has 2 aromatic carbocycles. The van der Waals surface area contributed by atoms with E-state index in [-0.39, 0.29) is 11.3 Å². The number of benzene rings is 2. The molecule has 4 nitrogen and oxygen atoms in total. The van der Waals surface area contributed by atoms with Crippen molar-refractivity contribution in [2.45, 2.75) is 0 Å². The summed E-state index contributed by atoms with van der Waals surface area (Å²) in [6.07, 6.45) is 0. The topological polar surface area (TPSA) is 58.6 Å². The highest BCUT2D eigenvalue weighted by atomic mass is 35.5. The van der Waals surface area contributed by atoms with E-state index in [4.69, 9.17) is 23.2 Å². The molecule has 6 heteroatoms. The fraction of sp³-hybridized carbons (Fsp3) is 0. The third kappa shape index (κ3) is 2.96. The Bertz CT molecular complexity index is 827. The summed E-state index contributed by atoms with van der Waals surface area (Å²) in [5.74, 6) is 0.398. The van der Waals surface area contributed by atoms with Crippen molar-refractivity contribution in [1.29, 1.82) is 0 Å². The molecule has 0 bridgehead atoms. The van der Waals surface area contributed by atoms with E-state index in [1.54, 1.807) is 48.5 Å². The first kappa shape index (κ1) is 13.8. The molecule has 104 valence electrons. The summed E-state index contributed by atoms with van der Waals surface area (Å²) in [5, 5.41) is 9.28. The molecule has 0 atom stereocenters. The fourth-order valence-corrected chi connectivity index (χ4v) is 2.12. The predicted octanol–water partition coefficient (Wildman–Crippen LogP) is 3.81. The van der Waals surface area contributed by atoms with Crippen LogP contribution < -0.4 is 5.56 Å². The number of hydrogen-bond acceptors (Lipinski definition) is 3. The van der Waals surface area contributed by atoms with Crippen LogP contribution in [0, 0.1) is 0 Å². The molecule has 0 aliphatic heterocycles. The van der Waals surface area contributed by atoms with Crippen molar-refractivity contribution in [3.05, 3.63) is 68.9 Å². The Hall–Kier alpha value is -2.17. The summed E-state index contributed by atoms with van der Waals surface area (Å²) in [4.78, 5) is 14.9. The van der Waals surface area contributed by atoms with Crippen molar-refractivity contribution in [2.75, 3.05) is 0 Å². The third-order valence-corrected chi connectivity index (χ3v) is 3.44. The van der Waals surface area contributed by atoms with Gasteiger partial charge in [-0.05, 0) is 36.4 Å². The molecule has 0 fully saturated rings. The van der Waals surface area contributed by atoms with E-state index >= 15 is 0 Å². The number of aromatic nitrogens is 3. The van der Waals surface area contributed by atoms with Crippen LogP contribution in [-0.2, 0) is 0 Å².